The fourth-order valence-corrected chi connectivity index (χ4v) is 4.46. The maximum absolute atomic E-state index is 13.5. The van der Waals surface area contributed by atoms with Crippen LogP contribution in [0.2, 0.25) is 0 Å². The molecule has 0 aliphatic carbocycles. The van der Waals surface area contributed by atoms with Crippen LogP contribution < -0.4 is 20.7 Å². The Morgan fingerprint density at radius 2 is 1.33 bits per heavy atom. The molecule has 0 saturated heterocycles. The van der Waals surface area contributed by atoms with Crippen LogP contribution in [0, 0.1) is 5.92 Å². The van der Waals surface area contributed by atoms with Crippen molar-refractivity contribution in [2.75, 3.05) is 0 Å². The van der Waals surface area contributed by atoms with Crippen LogP contribution in [0.4, 0.5) is 4.79 Å². The molecule has 1 unspecified atom stereocenters. The van der Waals surface area contributed by atoms with Crippen molar-refractivity contribution in [1.29, 1.82) is 0 Å². The van der Waals surface area contributed by atoms with Gasteiger partial charge in [-0.15, -0.1) is 0 Å². The minimum atomic E-state index is -0.953. The summed E-state index contributed by atoms with van der Waals surface area (Å²) in [6, 6.07) is 24.4. The molecule has 0 bridgehead atoms. The molecule has 8 heteroatoms. The number of ether oxygens (including phenoxy) is 2. The van der Waals surface area contributed by atoms with E-state index in [9.17, 15) is 14.4 Å². The SMILES string of the molecule is CC(C)C[C@H](NC(=O)NC(C)c1ccccc1)C(=O)N[C@@H](Cc1ccc(OCc2ccccc2)cc1)C(=O)OC(C)(C)C. The Hall–Kier alpha value is -4.33. The lowest BCUT2D eigenvalue weighted by molar-refractivity contribution is -0.158. The highest BCUT2D eigenvalue weighted by molar-refractivity contribution is 5.90. The van der Waals surface area contributed by atoms with Gasteiger partial charge < -0.3 is 25.4 Å². The summed E-state index contributed by atoms with van der Waals surface area (Å²) in [6.45, 7) is 11.6. The number of carbonyl (C=O) groups is 3. The molecular weight excluding hydrogens is 542 g/mol. The first kappa shape index (κ1) is 33.2. The zero-order chi connectivity index (χ0) is 31.4. The quantitative estimate of drug-likeness (QED) is 0.209. The third-order valence-corrected chi connectivity index (χ3v) is 6.60. The highest BCUT2D eigenvalue weighted by Gasteiger charge is 2.31. The van der Waals surface area contributed by atoms with Crippen molar-refractivity contribution in [3.8, 4) is 5.75 Å². The average molecular weight is 588 g/mol. The van der Waals surface area contributed by atoms with Crippen molar-refractivity contribution < 1.29 is 23.9 Å². The Kier molecular flexibility index (Phi) is 12.2. The predicted molar refractivity (Wildman–Crippen MR) is 168 cm³/mol. The monoisotopic (exact) mass is 587 g/mol. The number of rotatable bonds is 13. The van der Waals surface area contributed by atoms with Gasteiger partial charge in [-0.2, -0.15) is 0 Å². The molecule has 0 aliphatic heterocycles. The van der Waals surface area contributed by atoms with Gasteiger partial charge in [0.2, 0.25) is 5.91 Å². The van der Waals surface area contributed by atoms with E-state index in [1.807, 2.05) is 106 Å². The van der Waals surface area contributed by atoms with Crippen molar-refractivity contribution >= 4 is 17.9 Å². The highest BCUT2D eigenvalue weighted by Crippen LogP contribution is 2.18. The van der Waals surface area contributed by atoms with E-state index in [0.717, 1.165) is 16.7 Å². The van der Waals surface area contributed by atoms with Gasteiger partial charge in [-0.1, -0.05) is 86.6 Å². The highest BCUT2D eigenvalue weighted by atomic mass is 16.6. The second-order valence-corrected chi connectivity index (χ2v) is 12.1. The van der Waals surface area contributed by atoms with Crippen LogP contribution in [0.15, 0.2) is 84.9 Å². The van der Waals surface area contributed by atoms with Crippen molar-refractivity contribution in [1.82, 2.24) is 16.0 Å². The van der Waals surface area contributed by atoms with E-state index in [1.165, 1.54) is 0 Å². The average Bonchev–Trinajstić information content (AvgIpc) is 2.96. The molecular formula is C35H45N3O5. The molecule has 0 saturated carbocycles. The molecule has 3 rings (SSSR count). The number of carbonyl (C=O) groups excluding carboxylic acids is 3. The van der Waals surface area contributed by atoms with Gasteiger partial charge >= 0.3 is 12.0 Å². The molecule has 3 atom stereocenters. The van der Waals surface area contributed by atoms with Crippen LogP contribution >= 0.6 is 0 Å². The molecule has 0 radical (unpaired) electrons. The first-order chi connectivity index (χ1) is 20.4. The predicted octanol–water partition coefficient (Wildman–Crippen LogP) is 6.11. The molecule has 3 N–H and O–H groups in total. The van der Waals surface area contributed by atoms with Gasteiger partial charge in [-0.05, 0) is 68.9 Å². The van der Waals surface area contributed by atoms with Crippen molar-refractivity contribution in [3.05, 3.63) is 102 Å². The van der Waals surface area contributed by atoms with E-state index in [0.29, 0.717) is 18.8 Å². The van der Waals surface area contributed by atoms with Gasteiger partial charge in [0, 0.05) is 6.42 Å². The fraction of sp³-hybridized carbons (Fsp3) is 0.400. The third kappa shape index (κ3) is 11.8. The summed E-state index contributed by atoms with van der Waals surface area (Å²) < 4.78 is 11.5. The molecule has 43 heavy (non-hydrogen) atoms. The zero-order valence-corrected chi connectivity index (χ0v) is 26.1. The van der Waals surface area contributed by atoms with Crippen LogP contribution in [0.5, 0.6) is 5.75 Å². The number of hydrogen-bond acceptors (Lipinski definition) is 5. The normalized spacial score (nSPS) is 13.4. The third-order valence-electron chi connectivity index (χ3n) is 6.60. The van der Waals surface area contributed by atoms with Crippen LogP contribution in [-0.2, 0) is 27.4 Å². The van der Waals surface area contributed by atoms with E-state index in [1.54, 1.807) is 20.8 Å². The molecule has 0 spiro atoms. The Morgan fingerprint density at radius 3 is 1.91 bits per heavy atom. The van der Waals surface area contributed by atoms with Crippen LogP contribution in [0.25, 0.3) is 0 Å². The van der Waals surface area contributed by atoms with E-state index in [-0.39, 0.29) is 18.4 Å². The molecule has 0 fully saturated rings. The van der Waals surface area contributed by atoms with Crippen LogP contribution in [-0.4, -0.2) is 35.6 Å². The number of benzene rings is 3. The number of hydrogen-bond donors (Lipinski definition) is 3. The Balaban J connectivity index is 1.69. The first-order valence-corrected chi connectivity index (χ1v) is 14.8. The van der Waals surface area contributed by atoms with Gasteiger partial charge in [-0.25, -0.2) is 9.59 Å². The van der Waals surface area contributed by atoms with E-state index < -0.39 is 35.6 Å². The van der Waals surface area contributed by atoms with Crippen LogP contribution in [0.1, 0.15) is 70.7 Å². The second kappa shape index (κ2) is 15.8. The summed E-state index contributed by atoms with van der Waals surface area (Å²) in [5.41, 5.74) is 2.10. The number of esters is 1. The first-order valence-electron chi connectivity index (χ1n) is 14.8. The molecule has 0 aromatic heterocycles. The molecule has 0 aliphatic rings. The molecule has 3 aromatic carbocycles. The summed E-state index contributed by atoms with van der Waals surface area (Å²) in [5, 5.41) is 8.56. The van der Waals surface area contributed by atoms with Gasteiger partial charge in [0.05, 0.1) is 6.04 Å². The van der Waals surface area contributed by atoms with Gasteiger partial charge in [-0.3, -0.25) is 4.79 Å². The number of amides is 3. The topological polar surface area (TPSA) is 106 Å². The molecule has 0 heterocycles. The summed E-state index contributed by atoms with van der Waals surface area (Å²) in [5.74, 6) is -0.181. The Morgan fingerprint density at radius 1 is 0.721 bits per heavy atom. The summed E-state index contributed by atoms with van der Waals surface area (Å²) in [6.07, 6.45) is 0.610. The largest absolute Gasteiger partial charge is 0.489 e. The van der Waals surface area contributed by atoms with E-state index >= 15 is 0 Å². The Labute approximate surface area is 255 Å². The van der Waals surface area contributed by atoms with Gasteiger partial charge in [0.1, 0.15) is 30.0 Å². The van der Waals surface area contributed by atoms with E-state index in [2.05, 4.69) is 16.0 Å². The molecule has 230 valence electrons. The maximum Gasteiger partial charge on any atom is 0.329 e. The van der Waals surface area contributed by atoms with Gasteiger partial charge in [0.25, 0.3) is 0 Å². The van der Waals surface area contributed by atoms with Crippen molar-refractivity contribution in [2.24, 2.45) is 5.92 Å². The summed E-state index contributed by atoms with van der Waals surface area (Å²) in [4.78, 5) is 39.7. The lowest BCUT2D eigenvalue weighted by Gasteiger charge is -2.27. The standard InChI is InChI=1S/C35H45N3O5/c1-24(2)21-30(38-34(41)36-25(3)28-15-11-8-12-16-28)32(39)37-31(33(40)43-35(4,5)6)22-26-17-19-29(20-18-26)42-23-27-13-9-7-10-14-27/h7-20,24-25,30-31H,21-23H2,1-6H3,(H,37,39)(H2,36,38,41)/t25?,30-,31-/m0/s1. The molecule has 3 aromatic rings. The molecule has 8 nitrogen and oxygen atoms in total. The van der Waals surface area contributed by atoms with Crippen molar-refractivity contribution in [3.63, 3.8) is 0 Å². The second-order valence-electron chi connectivity index (χ2n) is 12.1. The fourth-order valence-electron chi connectivity index (χ4n) is 4.46. The Bertz CT molecular complexity index is 1300. The van der Waals surface area contributed by atoms with Crippen molar-refractivity contribution in [2.45, 2.75) is 84.7 Å². The summed E-state index contributed by atoms with van der Waals surface area (Å²) >= 11 is 0. The summed E-state index contributed by atoms with van der Waals surface area (Å²) in [7, 11) is 0. The minimum absolute atomic E-state index is 0.117. The smallest absolute Gasteiger partial charge is 0.329 e. The van der Waals surface area contributed by atoms with Crippen LogP contribution in [0.3, 0.4) is 0 Å². The lowest BCUT2D eigenvalue weighted by atomic mass is 10.0. The molecule has 3 amide bonds. The number of urea groups is 1. The number of nitrogens with one attached hydrogen (secondary N) is 3. The zero-order valence-electron chi connectivity index (χ0n) is 26.1. The van der Waals surface area contributed by atoms with Gasteiger partial charge in [0.15, 0.2) is 0 Å². The minimum Gasteiger partial charge on any atom is -0.489 e. The lowest BCUT2D eigenvalue weighted by Crippen LogP contribution is -2.55. The maximum atomic E-state index is 13.5. The van der Waals surface area contributed by atoms with E-state index in [4.69, 9.17) is 9.47 Å².